The Hall–Kier alpha value is -2.19. The zero-order valence-corrected chi connectivity index (χ0v) is 22.4. The summed E-state index contributed by atoms with van der Waals surface area (Å²) in [5.41, 5.74) is 7.84. The van der Waals surface area contributed by atoms with Crippen molar-refractivity contribution in [3.63, 3.8) is 0 Å². The van der Waals surface area contributed by atoms with Crippen molar-refractivity contribution in [2.24, 2.45) is 0 Å². The lowest BCUT2D eigenvalue weighted by molar-refractivity contribution is 0.0702. The lowest BCUT2D eigenvalue weighted by atomic mass is 9.92. The van der Waals surface area contributed by atoms with E-state index in [1.807, 2.05) is 18.2 Å². The molecule has 0 aliphatic carbocycles. The van der Waals surface area contributed by atoms with Gasteiger partial charge in [0.2, 0.25) is 0 Å². The Morgan fingerprint density at radius 2 is 1.88 bits per heavy atom. The molecule has 0 radical (unpaired) electrons. The zero-order chi connectivity index (χ0) is 24.4. The molecule has 7 nitrogen and oxygen atoms in total. The van der Waals surface area contributed by atoms with Crippen LogP contribution < -0.4 is 10.5 Å². The average Bonchev–Trinajstić information content (AvgIpc) is 3.11. The summed E-state index contributed by atoms with van der Waals surface area (Å²) in [4.78, 5) is 14.1. The van der Waals surface area contributed by atoms with Crippen molar-refractivity contribution in [1.29, 1.82) is 0 Å². The molecule has 1 aromatic carbocycles. The number of ether oxygens (including phenoxy) is 2. The molecule has 33 heavy (non-hydrogen) atoms. The van der Waals surface area contributed by atoms with Crippen molar-refractivity contribution in [3.05, 3.63) is 35.0 Å². The molecule has 2 heterocycles. The van der Waals surface area contributed by atoms with Crippen LogP contribution in [-0.2, 0) is 10.2 Å². The van der Waals surface area contributed by atoms with Crippen LogP contribution in [0.4, 0.5) is 10.6 Å². The number of piperidine rings is 1. The van der Waals surface area contributed by atoms with Crippen LogP contribution in [0.5, 0.6) is 5.75 Å². The van der Waals surface area contributed by atoms with Crippen molar-refractivity contribution >= 4 is 31.6 Å². The topological polar surface area (TPSA) is 82.6 Å². The third-order valence-corrected chi connectivity index (χ3v) is 7.75. The molecule has 1 amide bonds. The average molecular weight is 493 g/mol. The highest BCUT2D eigenvalue weighted by molar-refractivity contribution is 6.76. The van der Waals surface area contributed by atoms with E-state index in [1.54, 1.807) is 15.6 Å². The molecule has 0 bridgehead atoms. The van der Waals surface area contributed by atoms with Gasteiger partial charge in [0.05, 0.1) is 23.0 Å². The Bertz CT molecular complexity index is 973. The van der Waals surface area contributed by atoms with E-state index in [2.05, 4.69) is 45.5 Å². The molecule has 1 fully saturated rings. The molecule has 1 aliphatic rings. The van der Waals surface area contributed by atoms with Crippen LogP contribution in [0.3, 0.4) is 0 Å². The van der Waals surface area contributed by atoms with Crippen molar-refractivity contribution in [3.8, 4) is 11.4 Å². The summed E-state index contributed by atoms with van der Waals surface area (Å²) in [6.45, 7) is 14.8. The van der Waals surface area contributed by atoms with E-state index in [-0.39, 0.29) is 17.6 Å². The fourth-order valence-corrected chi connectivity index (χ4v) is 4.43. The predicted molar refractivity (Wildman–Crippen MR) is 136 cm³/mol. The van der Waals surface area contributed by atoms with Crippen LogP contribution in [0.15, 0.2) is 24.3 Å². The number of carbonyl (C=O) groups excluding carboxylic acids is 1. The van der Waals surface area contributed by atoms with Crippen LogP contribution in [0.1, 0.15) is 39.3 Å². The van der Waals surface area contributed by atoms with Gasteiger partial charge in [0.25, 0.3) is 0 Å². The van der Waals surface area contributed by atoms with Gasteiger partial charge in [-0.1, -0.05) is 52.0 Å². The van der Waals surface area contributed by atoms with E-state index in [0.717, 1.165) is 30.3 Å². The van der Waals surface area contributed by atoms with Gasteiger partial charge in [0, 0.05) is 51.6 Å². The fourth-order valence-electron chi connectivity index (χ4n) is 3.55. The van der Waals surface area contributed by atoms with Gasteiger partial charge in [-0.3, -0.25) is 0 Å². The molecule has 2 aromatic rings. The van der Waals surface area contributed by atoms with Crippen LogP contribution in [0, 0.1) is 0 Å². The number of anilines is 1. The number of carbonyl (C=O) groups is 1. The fraction of sp³-hybridized carbons (Fsp3) is 0.583. The lowest BCUT2D eigenvalue weighted by Crippen LogP contribution is -2.42. The number of nitrogen functional groups attached to an aromatic ring is 1. The second kappa shape index (κ2) is 9.97. The first-order chi connectivity index (χ1) is 15.3. The molecule has 9 heteroatoms. The number of rotatable bonds is 6. The summed E-state index contributed by atoms with van der Waals surface area (Å²) in [5, 5.41) is 5.21. The molecule has 1 saturated heterocycles. The SMILES string of the molecule is CC(C)(C)c1cc(N)n(-c2ccc(Cl)c(OC3CCN(C(=O)OCC[Si](C)(C)C)CC3)c2)n1. The monoisotopic (exact) mass is 492 g/mol. The predicted octanol–water partition coefficient (Wildman–Crippen LogP) is 5.72. The van der Waals surface area contributed by atoms with Crippen LogP contribution >= 0.6 is 11.6 Å². The first-order valence-corrected chi connectivity index (χ1v) is 15.7. The molecule has 2 N–H and O–H groups in total. The lowest BCUT2D eigenvalue weighted by Gasteiger charge is -2.32. The van der Waals surface area contributed by atoms with E-state index in [0.29, 0.717) is 36.3 Å². The third kappa shape index (κ3) is 6.90. The Morgan fingerprint density at radius 3 is 2.45 bits per heavy atom. The van der Waals surface area contributed by atoms with Gasteiger partial charge in [-0.05, 0) is 18.2 Å². The zero-order valence-electron chi connectivity index (χ0n) is 20.7. The maximum absolute atomic E-state index is 12.3. The first-order valence-electron chi connectivity index (χ1n) is 11.6. The molecule has 1 aromatic heterocycles. The minimum atomic E-state index is -1.22. The Balaban J connectivity index is 1.60. The largest absolute Gasteiger partial charge is 0.489 e. The van der Waals surface area contributed by atoms with Crippen molar-refractivity contribution in [1.82, 2.24) is 14.7 Å². The summed E-state index contributed by atoms with van der Waals surface area (Å²) in [6.07, 6.45) is 1.20. The highest BCUT2D eigenvalue weighted by Crippen LogP contribution is 2.32. The molecular weight excluding hydrogens is 456 g/mol. The van der Waals surface area contributed by atoms with E-state index >= 15 is 0 Å². The number of nitrogens with zero attached hydrogens (tertiary/aromatic N) is 3. The van der Waals surface area contributed by atoms with Crippen molar-refractivity contribution in [2.45, 2.75) is 70.8 Å². The van der Waals surface area contributed by atoms with Crippen LogP contribution in [0.25, 0.3) is 5.69 Å². The highest BCUT2D eigenvalue weighted by atomic mass is 35.5. The second-order valence-electron chi connectivity index (χ2n) is 11.0. The normalized spacial score (nSPS) is 15.5. The van der Waals surface area contributed by atoms with Gasteiger partial charge in [0.1, 0.15) is 17.7 Å². The molecule has 0 atom stereocenters. The molecule has 182 valence electrons. The van der Waals surface area contributed by atoms with E-state index in [9.17, 15) is 4.79 Å². The summed E-state index contributed by atoms with van der Waals surface area (Å²) in [7, 11) is -1.22. The van der Waals surface area contributed by atoms with E-state index < -0.39 is 8.07 Å². The summed E-state index contributed by atoms with van der Waals surface area (Å²) >= 11 is 6.43. The highest BCUT2D eigenvalue weighted by Gasteiger charge is 2.26. The number of benzene rings is 1. The Kier molecular flexibility index (Phi) is 7.68. The number of nitrogens with two attached hydrogens (primary N) is 1. The maximum atomic E-state index is 12.3. The smallest absolute Gasteiger partial charge is 0.409 e. The summed E-state index contributed by atoms with van der Waals surface area (Å²) in [6, 6.07) is 8.42. The maximum Gasteiger partial charge on any atom is 0.409 e. The quantitative estimate of drug-likeness (QED) is 0.521. The molecule has 0 unspecified atom stereocenters. The number of halogens is 1. The van der Waals surface area contributed by atoms with Gasteiger partial charge in [-0.25, -0.2) is 9.48 Å². The summed E-state index contributed by atoms with van der Waals surface area (Å²) < 4.78 is 13.4. The number of likely N-dealkylation sites (tertiary alicyclic amines) is 1. The standard InChI is InChI=1S/C24H37ClN4O3Si/c1-24(2,3)21-16-22(26)29(27-21)17-7-8-19(25)20(15-17)32-18-9-11-28(12-10-18)23(30)31-13-14-33(4,5)6/h7-8,15-16,18H,9-14,26H2,1-6H3. The van der Waals surface area contributed by atoms with Crippen molar-refractivity contribution < 1.29 is 14.3 Å². The minimum Gasteiger partial charge on any atom is -0.489 e. The molecule has 0 spiro atoms. The summed E-state index contributed by atoms with van der Waals surface area (Å²) in [5.74, 6) is 1.16. The van der Waals surface area contributed by atoms with Gasteiger partial charge in [-0.2, -0.15) is 5.10 Å². The third-order valence-electron chi connectivity index (χ3n) is 5.74. The minimum absolute atomic E-state index is 0.0242. The molecule has 1 aliphatic heterocycles. The van der Waals surface area contributed by atoms with Crippen LogP contribution in [-0.4, -0.2) is 54.6 Å². The number of hydrogen-bond acceptors (Lipinski definition) is 5. The van der Waals surface area contributed by atoms with E-state index in [4.69, 9.17) is 26.8 Å². The molecular formula is C24H37ClN4O3Si. The van der Waals surface area contributed by atoms with Crippen LogP contribution in [0.2, 0.25) is 30.7 Å². The first kappa shape index (κ1) is 25.4. The number of aromatic nitrogens is 2. The molecule has 0 saturated carbocycles. The van der Waals surface area contributed by atoms with E-state index in [1.165, 1.54) is 0 Å². The Labute approximate surface area is 203 Å². The van der Waals surface area contributed by atoms with Crippen molar-refractivity contribution in [2.75, 3.05) is 25.4 Å². The molecule has 3 rings (SSSR count). The second-order valence-corrected chi connectivity index (χ2v) is 17.0. The van der Waals surface area contributed by atoms with Gasteiger partial charge >= 0.3 is 6.09 Å². The Morgan fingerprint density at radius 1 is 1.21 bits per heavy atom. The van der Waals surface area contributed by atoms with Gasteiger partial charge in [-0.15, -0.1) is 0 Å². The van der Waals surface area contributed by atoms with Gasteiger partial charge < -0.3 is 20.1 Å². The number of hydrogen-bond donors (Lipinski definition) is 1. The number of amides is 1. The van der Waals surface area contributed by atoms with Gasteiger partial charge in [0.15, 0.2) is 0 Å².